The Bertz CT molecular complexity index is 373. The molecule has 1 aromatic heterocycles. The second-order valence-electron chi connectivity index (χ2n) is 4.81. The molecule has 3 N–H and O–H groups in total. The first-order valence-corrected chi connectivity index (χ1v) is 6.98. The Kier molecular flexibility index (Phi) is 3.79. The van der Waals surface area contributed by atoms with Crippen molar-refractivity contribution in [2.75, 3.05) is 0 Å². The van der Waals surface area contributed by atoms with E-state index >= 15 is 0 Å². The van der Waals surface area contributed by atoms with E-state index in [1.807, 2.05) is 12.3 Å². The summed E-state index contributed by atoms with van der Waals surface area (Å²) < 4.78 is 0. The highest BCUT2D eigenvalue weighted by Gasteiger charge is 2.37. The third-order valence-electron chi connectivity index (χ3n) is 3.45. The molecule has 1 saturated carbocycles. The summed E-state index contributed by atoms with van der Waals surface area (Å²) >= 11 is 1.47. The quantitative estimate of drug-likeness (QED) is 0.859. The number of primary amides is 1. The maximum absolute atomic E-state index is 11.7. The first-order valence-electron chi connectivity index (χ1n) is 6.10. The summed E-state index contributed by atoms with van der Waals surface area (Å²) in [5.74, 6) is -0.349. The van der Waals surface area contributed by atoms with Gasteiger partial charge in [-0.05, 0) is 19.8 Å². The van der Waals surface area contributed by atoms with Crippen LogP contribution in [0, 0.1) is 0 Å². The molecule has 1 atom stereocenters. The Balaban J connectivity index is 2.14. The number of hydrogen-bond donors (Lipinski definition) is 2. The van der Waals surface area contributed by atoms with Crippen LogP contribution in [0.3, 0.4) is 0 Å². The van der Waals surface area contributed by atoms with Crippen molar-refractivity contribution < 1.29 is 4.79 Å². The number of carbonyl (C=O) groups is 1. The highest BCUT2D eigenvalue weighted by atomic mass is 32.1. The zero-order chi connectivity index (χ0) is 12.3. The van der Waals surface area contributed by atoms with Gasteiger partial charge in [0.25, 0.3) is 0 Å². The molecule has 1 amide bonds. The zero-order valence-electron chi connectivity index (χ0n) is 10.1. The topological polar surface area (TPSA) is 68.0 Å². The Morgan fingerprint density at radius 2 is 2.24 bits per heavy atom. The summed E-state index contributed by atoms with van der Waals surface area (Å²) in [5.41, 5.74) is 4.72. The maximum atomic E-state index is 11.7. The van der Waals surface area contributed by atoms with Gasteiger partial charge in [0.2, 0.25) is 5.91 Å². The van der Waals surface area contributed by atoms with Gasteiger partial charge in [-0.2, -0.15) is 0 Å². The van der Waals surface area contributed by atoms with Crippen molar-refractivity contribution in [2.24, 2.45) is 5.73 Å². The van der Waals surface area contributed by atoms with Crippen LogP contribution in [0.4, 0.5) is 0 Å². The van der Waals surface area contributed by atoms with Crippen molar-refractivity contribution in [3.8, 4) is 0 Å². The molecule has 5 heteroatoms. The van der Waals surface area contributed by atoms with E-state index in [1.165, 1.54) is 30.6 Å². The summed E-state index contributed by atoms with van der Waals surface area (Å²) in [4.78, 5) is 15.9. The van der Waals surface area contributed by atoms with Gasteiger partial charge in [0.05, 0.1) is 0 Å². The van der Waals surface area contributed by atoms with Crippen molar-refractivity contribution in [1.29, 1.82) is 0 Å². The van der Waals surface area contributed by atoms with E-state index in [9.17, 15) is 4.79 Å². The van der Waals surface area contributed by atoms with Gasteiger partial charge in [0.15, 0.2) is 0 Å². The molecule has 0 aliphatic heterocycles. The largest absolute Gasteiger partial charge is 0.368 e. The lowest BCUT2D eigenvalue weighted by Gasteiger charge is -2.32. The van der Waals surface area contributed by atoms with E-state index in [0.717, 1.165) is 17.8 Å². The van der Waals surface area contributed by atoms with Crippen LogP contribution in [0.15, 0.2) is 11.6 Å². The van der Waals surface area contributed by atoms with E-state index in [0.29, 0.717) is 6.04 Å². The number of amides is 1. The van der Waals surface area contributed by atoms with Gasteiger partial charge in [-0.15, -0.1) is 11.3 Å². The van der Waals surface area contributed by atoms with Crippen LogP contribution in [0.25, 0.3) is 0 Å². The van der Waals surface area contributed by atoms with Gasteiger partial charge in [-0.25, -0.2) is 4.98 Å². The van der Waals surface area contributed by atoms with Gasteiger partial charge in [0, 0.05) is 17.6 Å². The molecule has 17 heavy (non-hydrogen) atoms. The molecule has 94 valence electrons. The molecule has 0 saturated heterocycles. The van der Waals surface area contributed by atoms with E-state index in [-0.39, 0.29) is 5.91 Å². The third-order valence-corrected chi connectivity index (χ3v) is 4.45. The molecule has 1 fully saturated rings. The number of nitrogens with two attached hydrogens (primary N) is 1. The first kappa shape index (κ1) is 12.5. The lowest BCUT2D eigenvalue weighted by Crippen LogP contribution is -2.54. The predicted octanol–water partition coefficient (Wildman–Crippen LogP) is 1.77. The number of carbonyl (C=O) groups excluding carboxylic acids is 1. The molecule has 2 rings (SSSR count). The van der Waals surface area contributed by atoms with Crippen molar-refractivity contribution in [2.45, 2.75) is 50.6 Å². The summed E-state index contributed by atoms with van der Waals surface area (Å²) in [6.07, 6.45) is 7.70. The minimum absolute atomic E-state index is 0.349. The fourth-order valence-corrected chi connectivity index (χ4v) is 3.13. The lowest BCUT2D eigenvalue weighted by molar-refractivity contribution is -0.124. The highest BCUT2D eigenvalue weighted by molar-refractivity contribution is 7.09. The Hall–Kier alpha value is -0.940. The van der Waals surface area contributed by atoms with E-state index in [1.54, 1.807) is 6.20 Å². The molecule has 1 unspecified atom stereocenters. The van der Waals surface area contributed by atoms with E-state index in [2.05, 4.69) is 10.3 Å². The summed E-state index contributed by atoms with van der Waals surface area (Å²) in [6.45, 7) is 1.84. The van der Waals surface area contributed by atoms with Crippen LogP contribution in [0.5, 0.6) is 0 Å². The van der Waals surface area contributed by atoms with Crippen LogP contribution >= 0.6 is 11.3 Å². The maximum Gasteiger partial charge on any atom is 0.244 e. The zero-order valence-corrected chi connectivity index (χ0v) is 10.9. The molecule has 0 bridgehead atoms. The minimum Gasteiger partial charge on any atom is -0.368 e. The Labute approximate surface area is 106 Å². The molecule has 0 aromatic carbocycles. The van der Waals surface area contributed by atoms with E-state index < -0.39 is 5.54 Å². The lowest BCUT2D eigenvalue weighted by atomic mass is 9.92. The number of rotatable bonds is 4. The van der Waals surface area contributed by atoms with Crippen LogP contribution in [0.2, 0.25) is 0 Å². The van der Waals surface area contributed by atoms with Crippen molar-refractivity contribution in [3.05, 3.63) is 16.6 Å². The van der Waals surface area contributed by atoms with Gasteiger partial charge in [-0.1, -0.05) is 19.3 Å². The molecule has 1 aliphatic carbocycles. The van der Waals surface area contributed by atoms with Crippen LogP contribution in [-0.4, -0.2) is 16.9 Å². The SMILES string of the molecule is CC(NC1CCCCC1)(C(N)=O)c1nccs1. The van der Waals surface area contributed by atoms with Crippen molar-refractivity contribution >= 4 is 17.2 Å². The van der Waals surface area contributed by atoms with Gasteiger partial charge in [0.1, 0.15) is 10.5 Å². The monoisotopic (exact) mass is 253 g/mol. The normalized spacial score (nSPS) is 21.0. The molecule has 1 heterocycles. The number of nitrogens with zero attached hydrogens (tertiary/aromatic N) is 1. The average molecular weight is 253 g/mol. The van der Waals surface area contributed by atoms with Crippen LogP contribution in [0.1, 0.15) is 44.0 Å². The van der Waals surface area contributed by atoms with E-state index in [4.69, 9.17) is 5.73 Å². The fourth-order valence-electron chi connectivity index (χ4n) is 2.36. The molecule has 4 nitrogen and oxygen atoms in total. The Morgan fingerprint density at radius 3 is 2.76 bits per heavy atom. The molecule has 1 aromatic rings. The predicted molar refractivity (Wildman–Crippen MR) is 68.7 cm³/mol. The van der Waals surface area contributed by atoms with Crippen molar-refractivity contribution in [3.63, 3.8) is 0 Å². The number of nitrogens with one attached hydrogen (secondary N) is 1. The number of hydrogen-bond acceptors (Lipinski definition) is 4. The molecular formula is C12H19N3OS. The number of thiazole rings is 1. The summed E-state index contributed by atoms with van der Waals surface area (Å²) in [6, 6.07) is 0.380. The van der Waals surface area contributed by atoms with Gasteiger partial charge >= 0.3 is 0 Å². The molecule has 0 spiro atoms. The molecule has 0 radical (unpaired) electrons. The van der Waals surface area contributed by atoms with Gasteiger partial charge in [-0.3, -0.25) is 10.1 Å². The molecule has 1 aliphatic rings. The second kappa shape index (κ2) is 5.14. The molecular weight excluding hydrogens is 234 g/mol. The smallest absolute Gasteiger partial charge is 0.244 e. The summed E-state index contributed by atoms with van der Waals surface area (Å²) in [7, 11) is 0. The first-order chi connectivity index (χ1) is 8.13. The van der Waals surface area contributed by atoms with Crippen LogP contribution < -0.4 is 11.1 Å². The van der Waals surface area contributed by atoms with Crippen molar-refractivity contribution in [1.82, 2.24) is 10.3 Å². The highest BCUT2D eigenvalue weighted by Crippen LogP contribution is 2.27. The van der Waals surface area contributed by atoms with Crippen LogP contribution in [-0.2, 0) is 10.3 Å². The number of aromatic nitrogens is 1. The minimum atomic E-state index is -0.823. The fraction of sp³-hybridized carbons (Fsp3) is 0.667. The second-order valence-corrected chi connectivity index (χ2v) is 5.70. The summed E-state index contributed by atoms with van der Waals surface area (Å²) in [5, 5.41) is 6.04. The Morgan fingerprint density at radius 1 is 1.53 bits per heavy atom. The van der Waals surface area contributed by atoms with Gasteiger partial charge < -0.3 is 5.73 Å². The standard InChI is InChI=1S/C12H19N3OS/c1-12(10(13)16,11-14-7-8-17-11)15-9-5-3-2-4-6-9/h7-9,15H,2-6H2,1H3,(H2,13,16). The third kappa shape index (κ3) is 2.66. The average Bonchev–Trinajstić information content (AvgIpc) is 2.84.